The molecular formula is C13H20ClNO. The van der Waals surface area contributed by atoms with Gasteiger partial charge in [0.1, 0.15) is 0 Å². The van der Waals surface area contributed by atoms with Gasteiger partial charge in [0, 0.05) is 25.3 Å². The molecule has 3 heteroatoms. The highest BCUT2D eigenvalue weighted by atomic mass is 35.5. The SMILES string of the molecule is COCCCCCNCc1ccccc1Cl. The average molecular weight is 242 g/mol. The van der Waals surface area contributed by atoms with Crippen molar-refractivity contribution in [3.63, 3.8) is 0 Å². The van der Waals surface area contributed by atoms with Gasteiger partial charge >= 0.3 is 0 Å². The first-order valence-corrected chi connectivity index (χ1v) is 6.15. The Morgan fingerprint density at radius 1 is 1.19 bits per heavy atom. The van der Waals surface area contributed by atoms with Crippen LogP contribution in [0.3, 0.4) is 0 Å². The van der Waals surface area contributed by atoms with Crippen molar-refractivity contribution in [2.75, 3.05) is 20.3 Å². The second-order valence-electron chi connectivity index (χ2n) is 3.82. The van der Waals surface area contributed by atoms with Crippen molar-refractivity contribution in [2.24, 2.45) is 0 Å². The fraction of sp³-hybridized carbons (Fsp3) is 0.538. The minimum atomic E-state index is 0.842. The van der Waals surface area contributed by atoms with Gasteiger partial charge in [-0.05, 0) is 37.4 Å². The number of methoxy groups -OCH3 is 1. The largest absolute Gasteiger partial charge is 0.385 e. The molecule has 0 spiro atoms. The lowest BCUT2D eigenvalue weighted by molar-refractivity contribution is 0.192. The summed E-state index contributed by atoms with van der Waals surface area (Å²) in [6.07, 6.45) is 3.54. The van der Waals surface area contributed by atoms with Gasteiger partial charge in [0.25, 0.3) is 0 Å². The Kier molecular flexibility index (Phi) is 7.23. The zero-order valence-corrected chi connectivity index (χ0v) is 10.6. The molecule has 0 saturated carbocycles. The lowest BCUT2D eigenvalue weighted by Crippen LogP contribution is -2.15. The molecule has 1 N–H and O–H groups in total. The summed E-state index contributed by atoms with van der Waals surface area (Å²) in [6.45, 7) is 2.75. The molecule has 1 rings (SSSR count). The van der Waals surface area contributed by atoms with Crippen molar-refractivity contribution in [3.8, 4) is 0 Å². The van der Waals surface area contributed by atoms with Gasteiger partial charge in [0.05, 0.1) is 0 Å². The van der Waals surface area contributed by atoms with Crippen molar-refractivity contribution in [2.45, 2.75) is 25.8 Å². The van der Waals surface area contributed by atoms with Gasteiger partial charge in [-0.25, -0.2) is 0 Å². The molecule has 0 atom stereocenters. The molecule has 1 aromatic rings. The predicted octanol–water partition coefficient (Wildman–Crippen LogP) is 3.25. The summed E-state index contributed by atoms with van der Waals surface area (Å²) in [7, 11) is 1.75. The van der Waals surface area contributed by atoms with Crippen LogP contribution in [-0.2, 0) is 11.3 Å². The predicted molar refractivity (Wildman–Crippen MR) is 68.9 cm³/mol. The third-order valence-electron chi connectivity index (χ3n) is 2.48. The fourth-order valence-corrected chi connectivity index (χ4v) is 1.74. The van der Waals surface area contributed by atoms with Gasteiger partial charge in [0.15, 0.2) is 0 Å². The van der Waals surface area contributed by atoms with Gasteiger partial charge in [-0.1, -0.05) is 29.8 Å². The van der Waals surface area contributed by atoms with E-state index in [0.717, 1.165) is 31.1 Å². The van der Waals surface area contributed by atoms with Crippen LogP contribution in [0.25, 0.3) is 0 Å². The van der Waals surface area contributed by atoms with E-state index in [1.165, 1.54) is 18.4 Å². The Hall–Kier alpha value is -0.570. The Morgan fingerprint density at radius 2 is 2.00 bits per heavy atom. The summed E-state index contributed by atoms with van der Waals surface area (Å²) in [5, 5.41) is 4.24. The highest BCUT2D eigenvalue weighted by Crippen LogP contribution is 2.14. The Bertz CT molecular complexity index is 291. The van der Waals surface area contributed by atoms with Crippen LogP contribution in [0.4, 0.5) is 0 Å². The van der Waals surface area contributed by atoms with Gasteiger partial charge in [-0.3, -0.25) is 0 Å². The molecule has 0 aliphatic carbocycles. The third kappa shape index (κ3) is 5.50. The van der Waals surface area contributed by atoms with E-state index in [4.69, 9.17) is 16.3 Å². The standard InChI is InChI=1S/C13H20ClNO/c1-16-10-6-2-5-9-15-11-12-7-3-4-8-13(12)14/h3-4,7-8,15H,2,5-6,9-11H2,1H3. The van der Waals surface area contributed by atoms with Gasteiger partial charge < -0.3 is 10.1 Å². The van der Waals surface area contributed by atoms with Gasteiger partial charge in [-0.15, -0.1) is 0 Å². The molecule has 0 aliphatic heterocycles. The maximum absolute atomic E-state index is 6.05. The Balaban J connectivity index is 2.05. The Morgan fingerprint density at radius 3 is 2.75 bits per heavy atom. The average Bonchev–Trinajstić information content (AvgIpc) is 2.30. The normalized spacial score (nSPS) is 10.6. The molecule has 0 bridgehead atoms. The highest BCUT2D eigenvalue weighted by molar-refractivity contribution is 6.31. The summed E-state index contributed by atoms with van der Waals surface area (Å²) in [5.74, 6) is 0. The molecule has 0 aromatic heterocycles. The van der Waals surface area contributed by atoms with Crippen LogP contribution < -0.4 is 5.32 Å². The van der Waals surface area contributed by atoms with Crippen LogP contribution in [0.5, 0.6) is 0 Å². The monoisotopic (exact) mass is 241 g/mol. The van der Waals surface area contributed by atoms with E-state index in [2.05, 4.69) is 11.4 Å². The van der Waals surface area contributed by atoms with Crippen molar-refractivity contribution < 1.29 is 4.74 Å². The van der Waals surface area contributed by atoms with Crippen molar-refractivity contribution in [1.29, 1.82) is 0 Å². The zero-order chi connectivity index (χ0) is 11.6. The van der Waals surface area contributed by atoms with Gasteiger partial charge in [-0.2, -0.15) is 0 Å². The third-order valence-corrected chi connectivity index (χ3v) is 2.84. The van der Waals surface area contributed by atoms with Crippen LogP contribution in [0.1, 0.15) is 24.8 Å². The summed E-state index contributed by atoms with van der Waals surface area (Å²) in [5.41, 5.74) is 1.17. The number of unbranched alkanes of at least 4 members (excludes halogenated alkanes) is 2. The van der Waals surface area contributed by atoms with E-state index < -0.39 is 0 Å². The molecule has 0 radical (unpaired) electrons. The quantitative estimate of drug-likeness (QED) is 0.706. The first-order valence-electron chi connectivity index (χ1n) is 5.77. The van der Waals surface area contributed by atoms with E-state index >= 15 is 0 Å². The van der Waals surface area contributed by atoms with Crippen LogP contribution >= 0.6 is 11.6 Å². The lowest BCUT2D eigenvalue weighted by atomic mass is 10.2. The number of hydrogen-bond donors (Lipinski definition) is 1. The second kappa shape index (κ2) is 8.57. The fourth-order valence-electron chi connectivity index (χ4n) is 1.54. The molecule has 0 aliphatic rings. The van der Waals surface area contributed by atoms with Crippen LogP contribution in [0, 0.1) is 0 Å². The van der Waals surface area contributed by atoms with E-state index in [9.17, 15) is 0 Å². The number of rotatable bonds is 8. The molecule has 90 valence electrons. The summed E-state index contributed by atoms with van der Waals surface area (Å²) < 4.78 is 5.00. The van der Waals surface area contributed by atoms with Crippen LogP contribution in [-0.4, -0.2) is 20.3 Å². The number of hydrogen-bond acceptors (Lipinski definition) is 2. The number of benzene rings is 1. The molecule has 2 nitrogen and oxygen atoms in total. The van der Waals surface area contributed by atoms with E-state index in [-0.39, 0.29) is 0 Å². The first kappa shape index (κ1) is 13.5. The Labute approximate surface area is 103 Å². The molecule has 0 amide bonds. The van der Waals surface area contributed by atoms with Crippen LogP contribution in [0.2, 0.25) is 5.02 Å². The highest BCUT2D eigenvalue weighted by Gasteiger charge is 1.97. The molecule has 16 heavy (non-hydrogen) atoms. The topological polar surface area (TPSA) is 21.3 Å². The molecule has 0 fully saturated rings. The number of halogens is 1. The maximum Gasteiger partial charge on any atom is 0.0462 e. The minimum Gasteiger partial charge on any atom is -0.385 e. The number of ether oxygens (including phenoxy) is 1. The molecule has 0 unspecified atom stereocenters. The minimum absolute atomic E-state index is 0.842. The molecule has 0 heterocycles. The molecule has 0 saturated heterocycles. The van der Waals surface area contributed by atoms with E-state index in [1.807, 2.05) is 18.2 Å². The summed E-state index contributed by atoms with van der Waals surface area (Å²) in [6, 6.07) is 7.95. The molecular weight excluding hydrogens is 222 g/mol. The van der Waals surface area contributed by atoms with E-state index in [0.29, 0.717) is 0 Å². The molecule has 1 aromatic carbocycles. The summed E-state index contributed by atoms with van der Waals surface area (Å²) in [4.78, 5) is 0. The zero-order valence-electron chi connectivity index (χ0n) is 9.84. The van der Waals surface area contributed by atoms with Crippen molar-refractivity contribution in [3.05, 3.63) is 34.9 Å². The summed E-state index contributed by atoms with van der Waals surface area (Å²) >= 11 is 6.05. The van der Waals surface area contributed by atoms with E-state index in [1.54, 1.807) is 7.11 Å². The lowest BCUT2D eigenvalue weighted by Gasteiger charge is -2.06. The van der Waals surface area contributed by atoms with Crippen molar-refractivity contribution in [1.82, 2.24) is 5.32 Å². The van der Waals surface area contributed by atoms with Crippen molar-refractivity contribution >= 4 is 11.6 Å². The van der Waals surface area contributed by atoms with Crippen LogP contribution in [0.15, 0.2) is 24.3 Å². The maximum atomic E-state index is 6.05. The number of nitrogens with one attached hydrogen (secondary N) is 1. The first-order chi connectivity index (χ1) is 7.84. The smallest absolute Gasteiger partial charge is 0.0462 e. The van der Waals surface area contributed by atoms with Gasteiger partial charge in [0.2, 0.25) is 0 Å². The second-order valence-corrected chi connectivity index (χ2v) is 4.23.